The molecule has 0 aromatic heterocycles. The number of carbonyl (C=O) groups excluding carboxylic acids is 3. The molecule has 0 spiro atoms. The lowest BCUT2D eigenvalue weighted by Gasteiger charge is -2.23. The molecule has 27 heavy (non-hydrogen) atoms. The van der Waals surface area contributed by atoms with E-state index < -0.39 is 54.5 Å². The Hall–Kier alpha value is -1.15. The quantitative estimate of drug-likeness (QED) is 0.144. The number of hydrogen-bond donors (Lipinski definition) is 8. The van der Waals surface area contributed by atoms with Gasteiger partial charge in [0.25, 0.3) is 0 Å². The van der Waals surface area contributed by atoms with Crippen molar-refractivity contribution in [3.05, 3.63) is 0 Å². The zero-order valence-electron chi connectivity index (χ0n) is 14.8. The van der Waals surface area contributed by atoms with Gasteiger partial charge in [0.1, 0.15) is 18.1 Å². The van der Waals surface area contributed by atoms with Crippen LogP contribution in [0, 0.1) is 0 Å². The second-order valence-electron chi connectivity index (χ2n) is 5.46. The minimum Gasteiger partial charge on any atom is -0.480 e. The maximum absolute atomic E-state index is 12.3. The Kier molecular flexibility index (Phi) is 13.3. The fourth-order valence-corrected chi connectivity index (χ4v) is 2.78. The average Bonchev–Trinajstić information content (AvgIpc) is 2.65. The molecule has 156 valence electrons. The second-order valence-corrected chi connectivity index (χ2v) is 7.17. The highest BCUT2D eigenvalue weighted by Crippen LogP contribution is 2.00. The van der Waals surface area contributed by atoms with E-state index in [2.05, 4.69) is 41.2 Å². The number of carbonyl (C=O) groups is 4. The predicted octanol–water partition coefficient (Wildman–Crippen LogP) is -2.54. The van der Waals surface area contributed by atoms with Gasteiger partial charge in [-0.3, -0.25) is 14.4 Å². The van der Waals surface area contributed by atoms with Crippen molar-refractivity contribution in [1.29, 1.82) is 0 Å². The first-order chi connectivity index (χ1) is 12.7. The number of carboxylic acids is 1. The van der Waals surface area contributed by atoms with E-state index in [4.69, 9.17) is 15.9 Å². The summed E-state index contributed by atoms with van der Waals surface area (Å²) in [6.45, 7) is -0.808. The summed E-state index contributed by atoms with van der Waals surface area (Å²) in [5, 5.41) is 24.7. The Morgan fingerprint density at radius 1 is 0.963 bits per heavy atom. The number of thioether (sulfide) groups is 1. The van der Waals surface area contributed by atoms with Gasteiger partial charge in [-0.05, 0) is 18.4 Å². The van der Waals surface area contributed by atoms with Crippen LogP contribution in [0.15, 0.2) is 0 Å². The van der Waals surface area contributed by atoms with Gasteiger partial charge in [-0.2, -0.15) is 37.0 Å². The first-order valence-electron chi connectivity index (χ1n) is 7.92. The summed E-state index contributed by atoms with van der Waals surface area (Å²) in [5.41, 5.74) is 5.74. The topological polar surface area (TPSA) is 171 Å². The lowest BCUT2D eigenvalue weighted by molar-refractivity contribution is -0.143. The van der Waals surface area contributed by atoms with Crippen LogP contribution in [0.5, 0.6) is 0 Å². The van der Waals surface area contributed by atoms with E-state index in [1.807, 2.05) is 6.26 Å². The molecule has 4 atom stereocenters. The lowest BCUT2D eigenvalue weighted by Crippen LogP contribution is -2.58. The molecule has 0 bridgehead atoms. The molecule has 0 aliphatic carbocycles. The lowest BCUT2D eigenvalue weighted by atomic mass is 10.2. The molecular formula is C14H26N4O6S3. The summed E-state index contributed by atoms with van der Waals surface area (Å²) < 4.78 is 0. The van der Waals surface area contributed by atoms with Crippen molar-refractivity contribution in [2.24, 2.45) is 5.73 Å². The van der Waals surface area contributed by atoms with Crippen molar-refractivity contribution in [1.82, 2.24) is 16.0 Å². The van der Waals surface area contributed by atoms with Crippen molar-refractivity contribution < 1.29 is 29.4 Å². The SMILES string of the molecule is CSCCC(N)C(=O)NC(CS)C(=O)NC(CS)C(=O)NC(CO)C(=O)O. The van der Waals surface area contributed by atoms with Crippen LogP contribution in [-0.4, -0.2) is 88.2 Å². The Bertz CT molecular complexity index is 525. The van der Waals surface area contributed by atoms with Crippen molar-refractivity contribution in [2.75, 3.05) is 30.1 Å². The van der Waals surface area contributed by atoms with Gasteiger partial charge in [0.2, 0.25) is 17.7 Å². The largest absolute Gasteiger partial charge is 0.480 e. The molecule has 0 aromatic rings. The summed E-state index contributed by atoms with van der Waals surface area (Å²) in [7, 11) is 0. The van der Waals surface area contributed by atoms with Crippen LogP contribution in [0.1, 0.15) is 6.42 Å². The van der Waals surface area contributed by atoms with Crippen molar-refractivity contribution in [3.8, 4) is 0 Å². The molecule has 0 aromatic carbocycles. The summed E-state index contributed by atoms with van der Waals surface area (Å²) in [6, 6.07) is -4.49. The number of aliphatic carboxylic acids is 1. The fourth-order valence-electron chi connectivity index (χ4n) is 1.77. The maximum atomic E-state index is 12.3. The van der Waals surface area contributed by atoms with Crippen LogP contribution in [0.4, 0.5) is 0 Å². The highest BCUT2D eigenvalue weighted by Gasteiger charge is 2.28. The monoisotopic (exact) mass is 442 g/mol. The number of hydrogen-bond acceptors (Lipinski definition) is 9. The molecule has 0 aliphatic rings. The Morgan fingerprint density at radius 2 is 1.41 bits per heavy atom. The maximum Gasteiger partial charge on any atom is 0.328 e. The second kappa shape index (κ2) is 13.9. The zero-order valence-corrected chi connectivity index (χ0v) is 17.4. The van der Waals surface area contributed by atoms with Gasteiger partial charge in [0.05, 0.1) is 12.6 Å². The number of nitrogens with two attached hydrogens (primary N) is 1. The molecule has 10 nitrogen and oxygen atoms in total. The third kappa shape index (κ3) is 9.55. The van der Waals surface area contributed by atoms with E-state index in [1.54, 1.807) is 0 Å². The first-order valence-corrected chi connectivity index (χ1v) is 10.6. The van der Waals surface area contributed by atoms with Crippen LogP contribution in [-0.2, 0) is 19.2 Å². The smallest absolute Gasteiger partial charge is 0.328 e. The first kappa shape index (κ1) is 25.9. The Balaban J connectivity index is 4.83. The van der Waals surface area contributed by atoms with E-state index in [0.29, 0.717) is 12.2 Å². The molecular weight excluding hydrogens is 416 g/mol. The summed E-state index contributed by atoms with van der Waals surface area (Å²) >= 11 is 9.51. The summed E-state index contributed by atoms with van der Waals surface area (Å²) in [5.74, 6) is -2.95. The minimum absolute atomic E-state index is 0.0396. The number of aliphatic hydroxyl groups excluding tert-OH is 1. The van der Waals surface area contributed by atoms with Crippen molar-refractivity contribution in [2.45, 2.75) is 30.6 Å². The number of thiol groups is 2. The minimum atomic E-state index is -1.51. The van der Waals surface area contributed by atoms with Gasteiger partial charge in [-0.1, -0.05) is 0 Å². The molecule has 0 fully saturated rings. The summed E-state index contributed by atoms with van der Waals surface area (Å²) in [4.78, 5) is 47.3. The molecule has 13 heteroatoms. The average molecular weight is 443 g/mol. The van der Waals surface area contributed by atoms with Gasteiger partial charge in [-0.15, -0.1) is 0 Å². The number of carboxylic acid groups (broad SMARTS) is 1. The van der Waals surface area contributed by atoms with Crippen LogP contribution in [0.2, 0.25) is 0 Å². The number of rotatable bonds is 13. The Labute approximate surface area is 172 Å². The molecule has 0 aliphatic heterocycles. The molecule has 0 rings (SSSR count). The number of aliphatic hydroxyl groups is 1. The van der Waals surface area contributed by atoms with Gasteiger partial charge in [0, 0.05) is 11.5 Å². The molecule has 7 N–H and O–H groups in total. The van der Waals surface area contributed by atoms with Crippen LogP contribution < -0.4 is 21.7 Å². The molecule has 0 radical (unpaired) electrons. The van der Waals surface area contributed by atoms with Crippen molar-refractivity contribution >= 4 is 60.7 Å². The number of amides is 3. The van der Waals surface area contributed by atoms with Gasteiger partial charge in [-0.25, -0.2) is 4.79 Å². The summed E-state index contributed by atoms with van der Waals surface area (Å²) in [6.07, 6.45) is 2.32. The number of nitrogens with one attached hydrogen (secondary N) is 3. The predicted molar refractivity (Wildman–Crippen MR) is 109 cm³/mol. The molecule has 4 unspecified atom stereocenters. The molecule has 0 saturated carbocycles. The third-order valence-electron chi connectivity index (χ3n) is 3.40. The molecule has 0 heterocycles. The van der Waals surface area contributed by atoms with E-state index in [-0.39, 0.29) is 11.5 Å². The third-order valence-corrected chi connectivity index (χ3v) is 4.77. The molecule has 0 saturated heterocycles. The van der Waals surface area contributed by atoms with Crippen LogP contribution >= 0.6 is 37.0 Å². The standard InChI is InChI=1S/C14H26N4O6S3/c1-27-3-2-7(15)11(20)17-9(5-25)13(22)18-10(6-26)12(21)16-8(4-19)14(23)24/h7-10,19,25-26H,2-6,15H2,1H3,(H,16,21)(H,17,20)(H,18,22)(H,23,24). The van der Waals surface area contributed by atoms with E-state index in [0.717, 1.165) is 0 Å². The Morgan fingerprint density at radius 3 is 1.78 bits per heavy atom. The zero-order chi connectivity index (χ0) is 21.0. The van der Waals surface area contributed by atoms with E-state index >= 15 is 0 Å². The van der Waals surface area contributed by atoms with Crippen LogP contribution in [0.3, 0.4) is 0 Å². The van der Waals surface area contributed by atoms with Gasteiger partial charge < -0.3 is 31.9 Å². The highest BCUT2D eigenvalue weighted by atomic mass is 32.2. The van der Waals surface area contributed by atoms with Gasteiger partial charge in [0.15, 0.2) is 0 Å². The molecule has 3 amide bonds. The van der Waals surface area contributed by atoms with E-state index in [9.17, 15) is 19.2 Å². The van der Waals surface area contributed by atoms with E-state index in [1.165, 1.54) is 11.8 Å². The normalized spacial score (nSPS) is 15.1. The van der Waals surface area contributed by atoms with Crippen LogP contribution in [0.25, 0.3) is 0 Å². The van der Waals surface area contributed by atoms with Crippen molar-refractivity contribution in [3.63, 3.8) is 0 Å². The highest BCUT2D eigenvalue weighted by molar-refractivity contribution is 7.98. The van der Waals surface area contributed by atoms with Gasteiger partial charge >= 0.3 is 5.97 Å². The fraction of sp³-hybridized carbons (Fsp3) is 0.714.